The van der Waals surface area contributed by atoms with Crippen LogP contribution in [0.4, 0.5) is 8.78 Å². The molecule has 0 aromatic heterocycles. The van der Waals surface area contributed by atoms with Crippen molar-refractivity contribution >= 4 is 5.91 Å². The summed E-state index contributed by atoms with van der Waals surface area (Å²) in [4.78, 5) is 13.6. The molecule has 0 aliphatic carbocycles. The van der Waals surface area contributed by atoms with Gasteiger partial charge < -0.3 is 10.6 Å². The van der Waals surface area contributed by atoms with Crippen molar-refractivity contribution in [2.24, 2.45) is 11.7 Å². The predicted molar refractivity (Wildman–Crippen MR) is 64.0 cm³/mol. The molecule has 2 unspecified atom stereocenters. The fourth-order valence-corrected chi connectivity index (χ4v) is 2.12. The van der Waals surface area contributed by atoms with E-state index < -0.39 is 17.5 Å². The Hall–Kier alpha value is -1.49. The SMILES string of the molecule is CC1CCN(C(=O)c2ccc(F)cc2F)CC1N. The summed E-state index contributed by atoms with van der Waals surface area (Å²) in [6, 6.07) is 2.89. The van der Waals surface area contributed by atoms with Gasteiger partial charge >= 0.3 is 0 Å². The number of halogens is 2. The third-order valence-electron chi connectivity index (χ3n) is 3.47. The van der Waals surface area contributed by atoms with Crippen molar-refractivity contribution in [2.45, 2.75) is 19.4 Å². The second-order valence-electron chi connectivity index (χ2n) is 4.81. The van der Waals surface area contributed by atoms with Crippen LogP contribution in [0.3, 0.4) is 0 Å². The zero-order valence-corrected chi connectivity index (χ0v) is 10.2. The molecule has 1 saturated heterocycles. The Morgan fingerprint density at radius 3 is 2.78 bits per heavy atom. The summed E-state index contributed by atoms with van der Waals surface area (Å²) in [5, 5.41) is 0. The normalized spacial score (nSPS) is 24.1. The van der Waals surface area contributed by atoms with E-state index in [4.69, 9.17) is 5.73 Å². The summed E-state index contributed by atoms with van der Waals surface area (Å²) in [6.07, 6.45) is 0.801. The molecule has 2 atom stereocenters. The van der Waals surface area contributed by atoms with Crippen LogP contribution < -0.4 is 5.73 Å². The highest BCUT2D eigenvalue weighted by Gasteiger charge is 2.28. The number of amides is 1. The second kappa shape index (κ2) is 5.02. The summed E-state index contributed by atoms with van der Waals surface area (Å²) < 4.78 is 26.3. The number of nitrogens with two attached hydrogens (primary N) is 1. The van der Waals surface area contributed by atoms with Crippen LogP contribution in [0.1, 0.15) is 23.7 Å². The molecule has 3 nitrogen and oxygen atoms in total. The Balaban J connectivity index is 2.16. The summed E-state index contributed by atoms with van der Waals surface area (Å²) in [5.41, 5.74) is 5.80. The molecule has 1 aromatic carbocycles. The number of rotatable bonds is 1. The predicted octanol–water partition coefficient (Wildman–Crippen LogP) is 1.77. The minimum atomic E-state index is -0.827. The number of nitrogens with zero attached hydrogens (tertiary/aromatic N) is 1. The average Bonchev–Trinajstić information content (AvgIpc) is 2.32. The molecule has 0 saturated carbocycles. The van der Waals surface area contributed by atoms with Crippen molar-refractivity contribution in [2.75, 3.05) is 13.1 Å². The standard InChI is InChI=1S/C13H16F2N2O/c1-8-4-5-17(7-12(8)16)13(18)10-3-2-9(14)6-11(10)15/h2-3,6,8,12H,4-5,7,16H2,1H3. The largest absolute Gasteiger partial charge is 0.337 e. The lowest BCUT2D eigenvalue weighted by molar-refractivity contribution is 0.0667. The Kier molecular flexibility index (Phi) is 3.61. The van der Waals surface area contributed by atoms with Crippen molar-refractivity contribution in [1.82, 2.24) is 4.90 Å². The lowest BCUT2D eigenvalue weighted by atomic mass is 9.94. The summed E-state index contributed by atoms with van der Waals surface area (Å²) in [6.45, 7) is 3.01. The topological polar surface area (TPSA) is 46.3 Å². The van der Waals surface area contributed by atoms with E-state index in [1.165, 1.54) is 11.0 Å². The first-order chi connectivity index (χ1) is 8.49. The van der Waals surface area contributed by atoms with Gasteiger partial charge in [-0.15, -0.1) is 0 Å². The van der Waals surface area contributed by atoms with Crippen LogP contribution in [0, 0.1) is 17.6 Å². The molecular formula is C13H16F2N2O. The van der Waals surface area contributed by atoms with Crippen LogP contribution in [0.25, 0.3) is 0 Å². The van der Waals surface area contributed by atoms with Gasteiger partial charge in [-0.05, 0) is 24.5 Å². The Labute approximate surface area is 105 Å². The zero-order chi connectivity index (χ0) is 13.3. The summed E-state index contributed by atoms with van der Waals surface area (Å²) in [7, 11) is 0. The van der Waals surface area contributed by atoms with E-state index in [1.807, 2.05) is 6.92 Å². The van der Waals surface area contributed by atoms with Gasteiger partial charge in [-0.1, -0.05) is 6.92 Å². The van der Waals surface area contributed by atoms with Gasteiger partial charge in [0.05, 0.1) is 5.56 Å². The van der Waals surface area contributed by atoms with Gasteiger partial charge in [-0.2, -0.15) is 0 Å². The smallest absolute Gasteiger partial charge is 0.256 e. The molecule has 0 spiro atoms. The van der Waals surface area contributed by atoms with Crippen molar-refractivity contribution < 1.29 is 13.6 Å². The highest BCUT2D eigenvalue weighted by molar-refractivity contribution is 5.94. The van der Waals surface area contributed by atoms with Crippen LogP contribution >= 0.6 is 0 Å². The first-order valence-corrected chi connectivity index (χ1v) is 5.99. The fraction of sp³-hybridized carbons (Fsp3) is 0.462. The second-order valence-corrected chi connectivity index (χ2v) is 4.81. The molecule has 0 bridgehead atoms. The van der Waals surface area contributed by atoms with Crippen LogP contribution in [0.15, 0.2) is 18.2 Å². The van der Waals surface area contributed by atoms with Gasteiger partial charge in [-0.3, -0.25) is 4.79 Å². The maximum atomic E-state index is 13.5. The number of benzene rings is 1. The average molecular weight is 254 g/mol. The maximum Gasteiger partial charge on any atom is 0.256 e. The van der Waals surface area contributed by atoms with Gasteiger partial charge in [0.25, 0.3) is 5.91 Å². The molecule has 1 amide bonds. The number of carbonyl (C=O) groups is 1. The molecule has 1 aromatic rings. The van der Waals surface area contributed by atoms with Crippen molar-refractivity contribution in [3.05, 3.63) is 35.4 Å². The van der Waals surface area contributed by atoms with E-state index in [0.717, 1.165) is 18.6 Å². The van der Waals surface area contributed by atoms with Crippen molar-refractivity contribution in [3.8, 4) is 0 Å². The van der Waals surface area contributed by atoms with Gasteiger partial charge in [0.15, 0.2) is 0 Å². The van der Waals surface area contributed by atoms with Gasteiger partial charge in [0, 0.05) is 25.2 Å². The summed E-state index contributed by atoms with van der Waals surface area (Å²) >= 11 is 0. The van der Waals surface area contributed by atoms with E-state index in [2.05, 4.69) is 0 Å². The molecule has 98 valence electrons. The number of carbonyl (C=O) groups excluding carboxylic acids is 1. The molecule has 0 radical (unpaired) electrons. The van der Waals surface area contributed by atoms with E-state index in [-0.39, 0.29) is 11.6 Å². The first kappa shape index (κ1) is 13.0. The molecule has 5 heteroatoms. The monoisotopic (exact) mass is 254 g/mol. The van der Waals surface area contributed by atoms with E-state index in [0.29, 0.717) is 19.0 Å². The lowest BCUT2D eigenvalue weighted by Crippen LogP contribution is -2.49. The minimum absolute atomic E-state index is 0.0915. The number of piperidine rings is 1. The molecule has 1 aliphatic heterocycles. The van der Waals surface area contributed by atoms with Gasteiger partial charge in [0.1, 0.15) is 11.6 Å². The van der Waals surface area contributed by atoms with Crippen LogP contribution in [0.2, 0.25) is 0 Å². The lowest BCUT2D eigenvalue weighted by Gasteiger charge is -2.35. The highest BCUT2D eigenvalue weighted by Crippen LogP contribution is 2.19. The minimum Gasteiger partial charge on any atom is -0.337 e. The fourth-order valence-electron chi connectivity index (χ4n) is 2.12. The molecular weight excluding hydrogens is 238 g/mol. The molecule has 2 N–H and O–H groups in total. The Bertz CT molecular complexity index is 464. The molecule has 1 aliphatic rings. The number of likely N-dealkylation sites (tertiary alicyclic amines) is 1. The van der Waals surface area contributed by atoms with E-state index in [9.17, 15) is 13.6 Å². The van der Waals surface area contributed by atoms with Gasteiger partial charge in [0.2, 0.25) is 0 Å². The maximum absolute atomic E-state index is 13.5. The van der Waals surface area contributed by atoms with Crippen LogP contribution in [-0.2, 0) is 0 Å². The number of hydrogen-bond acceptors (Lipinski definition) is 2. The highest BCUT2D eigenvalue weighted by atomic mass is 19.1. The zero-order valence-electron chi connectivity index (χ0n) is 10.2. The van der Waals surface area contributed by atoms with Crippen LogP contribution in [-0.4, -0.2) is 29.9 Å². The third-order valence-corrected chi connectivity index (χ3v) is 3.47. The van der Waals surface area contributed by atoms with Crippen molar-refractivity contribution in [3.63, 3.8) is 0 Å². The number of hydrogen-bond donors (Lipinski definition) is 1. The quantitative estimate of drug-likeness (QED) is 0.830. The molecule has 1 fully saturated rings. The molecule has 2 rings (SSSR count). The van der Waals surface area contributed by atoms with Crippen molar-refractivity contribution in [1.29, 1.82) is 0 Å². The van der Waals surface area contributed by atoms with E-state index >= 15 is 0 Å². The summed E-state index contributed by atoms with van der Waals surface area (Å²) in [5.74, 6) is -1.58. The third kappa shape index (κ3) is 2.51. The first-order valence-electron chi connectivity index (χ1n) is 5.99. The Morgan fingerprint density at radius 2 is 2.17 bits per heavy atom. The molecule has 18 heavy (non-hydrogen) atoms. The molecule has 1 heterocycles. The van der Waals surface area contributed by atoms with Gasteiger partial charge in [-0.25, -0.2) is 8.78 Å². The van der Waals surface area contributed by atoms with E-state index in [1.54, 1.807) is 0 Å². The van der Waals surface area contributed by atoms with Crippen LogP contribution in [0.5, 0.6) is 0 Å². The Morgan fingerprint density at radius 1 is 1.44 bits per heavy atom.